The number of aromatic hydroxyl groups is 1. The summed E-state index contributed by atoms with van der Waals surface area (Å²) in [5.74, 6) is 0.942. The van der Waals surface area contributed by atoms with Crippen molar-refractivity contribution in [1.29, 1.82) is 0 Å². The number of allylic oxidation sites excluding steroid dienone is 1. The van der Waals surface area contributed by atoms with Gasteiger partial charge in [-0.05, 0) is 121 Å². The molecule has 2 fully saturated rings. The Morgan fingerprint density at radius 3 is 2.26 bits per heavy atom. The average molecular weight is 725 g/mol. The number of rotatable bonds is 11. The molecule has 3 atom stereocenters. The summed E-state index contributed by atoms with van der Waals surface area (Å²) in [6.45, 7) is 15.5. The number of phenols is 1. The van der Waals surface area contributed by atoms with Gasteiger partial charge in [-0.3, -0.25) is 9.69 Å². The van der Waals surface area contributed by atoms with E-state index >= 15 is 4.39 Å². The molecule has 1 N–H and O–H groups in total. The predicted octanol–water partition coefficient (Wildman–Crippen LogP) is 8.91. The first-order chi connectivity index (χ1) is 26.4. The Morgan fingerprint density at radius 1 is 0.796 bits per heavy atom. The van der Waals surface area contributed by atoms with Crippen molar-refractivity contribution in [2.75, 3.05) is 55.6 Å². The first-order valence-electron chi connectivity index (χ1n) is 20.0. The van der Waals surface area contributed by atoms with Crippen molar-refractivity contribution in [3.8, 4) is 5.75 Å². The number of piperidine rings is 1. The number of benzene rings is 4. The molecule has 0 radical (unpaired) electrons. The first kappa shape index (κ1) is 36.1. The molecule has 0 spiro atoms. The summed E-state index contributed by atoms with van der Waals surface area (Å²) in [6, 6.07) is 28.4. The summed E-state index contributed by atoms with van der Waals surface area (Å²) < 4.78 is 16.3. The Kier molecular flexibility index (Phi) is 10.6. The quantitative estimate of drug-likeness (QED) is 0.157. The number of nitrogens with zero attached hydrogens (tertiary/aromatic N) is 4. The van der Waals surface area contributed by atoms with Gasteiger partial charge in [-0.25, -0.2) is 4.39 Å². The Bertz CT molecular complexity index is 1980. The molecule has 6 nitrogen and oxygen atoms in total. The zero-order valence-electron chi connectivity index (χ0n) is 31.4. The number of hydrogen-bond donors (Lipinski definition) is 1. The fraction of sp³-hybridized carbons (Fsp3) is 0.383. The summed E-state index contributed by atoms with van der Waals surface area (Å²) in [4.78, 5) is 22.6. The van der Waals surface area contributed by atoms with E-state index in [0.717, 1.165) is 118 Å². The molecule has 0 bridgehead atoms. The van der Waals surface area contributed by atoms with Crippen LogP contribution in [0, 0.1) is 11.7 Å². The minimum Gasteiger partial charge on any atom is -0.508 e. The lowest BCUT2D eigenvalue weighted by Crippen LogP contribution is -2.49. The first-order valence-corrected chi connectivity index (χ1v) is 20.0. The number of piperazine rings is 1. The van der Waals surface area contributed by atoms with E-state index < -0.39 is 0 Å². The minimum atomic E-state index is -0.142. The molecule has 1 amide bonds. The van der Waals surface area contributed by atoms with Gasteiger partial charge in [0.1, 0.15) is 11.6 Å². The van der Waals surface area contributed by atoms with Gasteiger partial charge in [0, 0.05) is 75.2 Å². The third-order valence-corrected chi connectivity index (χ3v) is 12.6. The van der Waals surface area contributed by atoms with Gasteiger partial charge < -0.3 is 19.8 Å². The zero-order chi connectivity index (χ0) is 37.2. The van der Waals surface area contributed by atoms with Gasteiger partial charge in [0.25, 0.3) is 5.91 Å². The van der Waals surface area contributed by atoms with Crippen molar-refractivity contribution >= 4 is 17.3 Å². The Morgan fingerprint density at radius 2 is 1.52 bits per heavy atom. The van der Waals surface area contributed by atoms with E-state index in [1.165, 1.54) is 11.3 Å². The maximum absolute atomic E-state index is 16.3. The van der Waals surface area contributed by atoms with Crippen LogP contribution >= 0.6 is 0 Å². The Labute approximate surface area is 320 Å². The molecule has 3 unspecified atom stereocenters. The van der Waals surface area contributed by atoms with Crippen molar-refractivity contribution in [2.24, 2.45) is 5.92 Å². The highest BCUT2D eigenvalue weighted by molar-refractivity contribution is 5.99. The number of halogens is 1. The van der Waals surface area contributed by atoms with Crippen LogP contribution in [0.25, 0.3) is 0 Å². The molecule has 1 aliphatic carbocycles. The highest BCUT2D eigenvalue weighted by atomic mass is 19.1. The second kappa shape index (κ2) is 15.8. The number of fused-ring (bicyclic) bond motifs is 2. The molecule has 2 saturated heterocycles. The van der Waals surface area contributed by atoms with Crippen LogP contribution in [0.4, 0.5) is 15.8 Å². The van der Waals surface area contributed by atoms with Gasteiger partial charge in [-0.2, -0.15) is 0 Å². The van der Waals surface area contributed by atoms with Crippen molar-refractivity contribution in [3.63, 3.8) is 0 Å². The van der Waals surface area contributed by atoms with Crippen LogP contribution in [-0.4, -0.2) is 72.7 Å². The second-order valence-electron chi connectivity index (χ2n) is 15.8. The van der Waals surface area contributed by atoms with E-state index in [1.807, 2.05) is 47.4 Å². The lowest BCUT2D eigenvalue weighted by atomic mass is 9.69. The van der Waals surface area contributed by atoms with Gasteiger partial charge in [-0.1, -0.05) is 54.6 Å². The molecule has 3 heterocycles. The smallest absolute Gasteiger partial charge is 0.254 e. The van der Waals surface area contributed by atoms with Crippen LogP contribution in [0.1, 0.15) is 82.1 Å². The SMILES string of the molecule is C=CCCC(C=C)N1Cc2cc(N3CCN(CC4CCN(c5ccc(C6c7ccc(O)cc7CCC6c6ccccc6)c(F)c5)CC4)CC3)ccc2C1=O. The second-order valence-corrected chi connectivity index (χ2v) is 15.8. The molecule has 7 heteroatoms. The lowest BCUT2D eigenvalue weighted by Gasteiger charge is -2.40. The van der Waals surface area contributed by atoms with Gasteiger partial charge in [0.15, 0.2) is 0 Å². The third-order valence-electron chi connectivity index (χ3n) is 12.6. The normalized spacial score (nSPS) is 21.1. The third kappa shape index (κ3) is 7.31. The van der Waals surface area contributed by atoms with Crippen molar-refractivity contribution in [3.05, 3.63) is 149 Å². The van der Waals surface area contributed by atoms with Crippen LogP contribution in [0.2, 0.25) is 0 Å². The summed E-state index contributed by atoms with van der Waals surface area (Å²) in [7, 11) is 0. The largest absolute Gasteiger partial charge is 0.508 e. The number of amides is 1. The van der Waals surface area contributed by atoms with Crippen molar-refractivity contribution in [1.82, 2.24) is 9.80 Å². The molecule has 8 rings (SSSR count). The summed E-state index contributed by atoms with van der Waals surface area (Å²) in [5, 5.41) is 10.2. The number of carbonyl (C=O) groups is 1. The number of phenolic OH excluding ortho intramolecular Hbond substituents is 1. The van der Waals surface area contributed by atoms with E-state index in [-0.39, 0.29) is 35.4 Å². The highest BCUT2D eigenvalue weighted by Gasteiger charge is 2.35. The molecular formula is C47H53FN4O2. The van der Waals surface area contributed by atoms with E-state index in [2.05, 4.69) is 70.3 Å². The Hall–Kier alpha value is -4.88. The Balaban J connectivity index is 0.859. The maximum atomic E-state index is 16.3. The van der Waals surface area contributed by atoms with E-state index in [0.29, 0.717) is 12.5 Å². The summed E-state index contributed by atoms with van der Waals surface area (Å²) in [6.07, 6.45) is 9.50. The van der Waals surface area contributed by atoms with Crippen molar-refractivity contribution in [2.45, 2.75) is 62.9 Å². The van der Waals surface area contributed by atoms with E-state index in [1.54, 1.807) is 12.1 Å². The average Bonchev–Trinajstić information content (AvgIpc) is 3.53. The van der Waals surface area contributed by atoms with Crippen LogP contribution < -0.4 is 9.80 Å². The molecule has 3 aliphatic heterocycles. The molecule has 54 heavy (non-hydrogen) atoms. The standard InChI is InChI=1S/C47H53FN4O2/c1-3-5-11-37(4-2)52-32-36-28-38(13-17-43(36)47(52)54)51-26-24-49(25-27-51)31-33-20-22-50(23-21-33)39-14-18-44(45(48)30-39)46-41(34-9-7-6-8-10-34)16-12-35-29-40(53)15-19-42(35)46/h3-4,6-10,13-15,17-19,28-30,33,37,41,46,53H,1-2,5,11-12,16,20-27,31-32H2. The maximum Gasteiger partial charge on any atom is 0.254 e. The molecule has 4 aromatic carbocycles. The number of aryl methyl sites for hydroxylation is 1. The van der Waals surface area contributed by atoms with Crippen LogP contribution in [0.15, 0.2) is 110 Å². The highest BCUT2D eigenvalue weighted by Crippen LogP contribution is 2.48. The number of anilines is 2. The fourth-order valence-corrected chi connectivity index (χ4v) is 9.63. The number of carbonyl (C=O) groups excluding carboxylic acids is 1. The van der Waals surface area contributed by atoms with Gasteiger partial charge in [0.2, 0.25) is 0 Å². The molecule has 4 aromatic rings. The summed E-state index contributed by atoms with van der Waals surface area (Å²) >= 11 is 0. The molecule has 0 saturated carbocycles. The van der Waals surface area contributed by atoms with Gasteiger partial charge >= 0.3 is 0 Å². The molecule has 280 valence electrons. The molecule has 4 aliphatic rings. The van der Waals surface area contributed by atoms with Gasteiger partial charge in [-0.15, -0.1) is 13.2 Å². The zero-order valence-corrected chi connectivity index (χ0v) is 31.4. The van der Waals surface area contributed by atoms with Crippen LogP contribution in [-0.2, 0) is 13.0 Å². The fourth-order valence-electron chi connectivity index (χ4n) is 9.63. The van der Waals surface area contributed by atoms with Crippen LogP contribution in [0.3, 0.4) is 0 Å². The summed E-state index contributed by atoms with van der Waals surface area (Å²) in [5.41, 5.74) is 8.32. The predicted molar refractivity (Wildman–Crippen MR) is 217 cm³/mol. The van der Waals surface area contributed by atoms with Gasteiger partial charge in [0.05, 0.1) is 6.04 Å². The topological polar surface area (TPSA) is 50.3 Å². The molecular weight excluding hydrogens is 672 g/mol. The monoisotopic (exact) mass is 724 g/mol. The van der Waals surface area contributed by atoms with Crippen LogP contribution in [0.5, 0.6) is 5.75 Å². The lowest BCUT2D eigenvalue weighted by molar-refractivity contribution is 0.0731. The van der Waals surface area contributed by atoms with Crippen molar-refractivity contribution < 1.29 is 14.3 Å². The molecule has 0 aromatic heterocycles. The minimum absolute atomic E-state index is 0.0272. The van der Waals surface area contributed by atoms with E-state index in [9.17, 15) is 9.90 Å². The number of hydrogen-bond acceptors (Lipinski definition) is 5. The van der Waals surface area contributed by atoms with E-state index in [4.69, 9.17) is 0 Å².